The number of amides is 1. The highest BCUT2D eigenvalue weighted by Gasteiger charge is 2.30. The first kappa shape index (κ1) is 22.6. The van der Waals surface area contributed by atoms with E-state index in [2.05, 4.69) is 15.5 Å². The molecule has 9 heteroatoms. The number of fused-ring (bicyclic) bond motifs is 1. The average Bonchev–Trinajstić information content (AvgIpc) is 3.63. The molecule has 0 saturated heterocycles. The number of carbonyl (C=O) groups excluding carboxylic acids is 1. The van der Waals surface area contributed by atoms with Crippen molar-refractivity contribution >= 4 is 16.8 Å². The van der Waals surface area contributed by atoms with E-state index in [1.54, 1.807) is 25.1 Å². The summed E-state index contributed by atoms with van der Waals surface area (Å²) in [5, 5.41) is 12.7. The lowest BCUT2D eigenvalue weighted by molar-refractivity contribution is -0.121. The van der Waals surface area contributed by atoms with Gasteiger partial charge in [-0.25, -0.2) is 9.36 Å². The SMILES string of the molecule is COc1ccc(CCNC(=O)Cn2nc(C3CC3)c3cnn(-c4ccccc4)c3c2=O)cc1OC. The number of rotatable bonds is 9. The van der Waals surface area contributed by atoms with Gasteiger partial charge in [-0.15, -0.1) is 0 Å². The Morgan fingerprint density at radius 1 is 1.09 bits per heavy atom. The lowest BCUT2D eigenvalue weighted by atomic mass is 10.1. The summed E-state index contributed by atoms with van der Waals surface area (Å²) < 4.78 is 13.5. The predicted molar refractivity (Wildman–Crippen MR) is 131 cm³/mol. The Kier molecular flexibility index (Phi) is 6.22. The highest BCUT2D eigenvalue weighted by molar-refractivity contribution is 5.83. The fourth-order valence-corrected chi connectivity index (χ4v) is 4.20. The van der Waals surface area contributed by atoms with Crippen molar-refractivity contribution in [3.8, 4) is 17.2 Å². The summed E-state index contributed by atoms with van der Waals surface area (Å²) >= 11 is 0. The molecule has 180 valence electrons. The van der Waals surface area contributed by atoms with Crippen LogP contribution in [0.2, 0.25) is 0 Å². The largest absolute Gasteiger partial charge is 0.493 e. The average molecular weight is 474 g/mol. The zero-order valence-electron chi connectivity index (χ0n) is 19.7. The van der Waals surface area contributed by atoms with Crippen LogP contribution in [0.1, 0.15) is 30.0 Å². The molecule has 1 aliphatic rings. The number of hydrogen-bond acceptors (Lipinski definition) is 6. The molecule has 2 aromatic heterocycles. The van der Waals surface area contributed by atoms with Gasteiger partial charge in [0.2, 0.25) is 5.91 Å². The van der Waals surface area contributed by atoms with Crippen molar-refractivity contribution in [2.75, 3.05) is 20.8 Å². The number of aromatic nitrogens is 4. The lowest BCUT2D eigenvalue weighted by Crippen LogP contribution is -2.35. The quantitative estimate of drug-likeness (QED) is 0.401. The number of nitrogens with one attached hydrogen (secondary N) is 1. The molecular formula is C26H27N5O4. The molecule has 0 spiro atoms. The first-order chi connectivity index (χ1) is 17.1. The zero-order valence-corrected chi connectivity index (χ0v) is 19.7. The van der Waals surface area contributed by atoms with Gasteiger partial charge in [0, 0.05) is 17.8 Å². The van der Waals surface area contributed by atoms with E-state index in [9.17, 15) is 9.59 Å². The number of ether oxygens (including phenoxy) is 2. The maximum Gasteiger partial charge on any atom is 0.293 e. The van der Waals surface area contributed by atoms with Crippen molar-refractivity contribution in [3.63, 3.8) is 0 Å². The van der Waals surface area contributed by atoms with Crippen LogP contribution in [0.25, 0.3) is 16.6 Å². The third kappa shape index (κ3) is 4.62. The van der Waals surface area contributed by atoms with E-state index in [1.807, 2.05) is 48.5 Å². The molecule has 1 saturated carbocycles. The molecule has 0 aliphatic heterocycles. The molecule has 0 atom stereocenters. The molecule has 1 amide bonds. The summed E-state index contributed by atoms with van der Waals surface area (Å²) in [6.45, 7) is 0.267. The molecular weight excluding hydrogens is 446 g/mol. The normalized spacial score (nSPS) is 13.1. The van der Waals surface area contributed by atoms with Crippen LogP contribution in [0, 0.1) is 0 Å². The van der Waals surface area contributed by atoms with Gasteiger partial charge in [0.1, 0.15) is 12.1 Å². The maximum atomic E-state index is 13.4. The highest BCUT2D eigenvalue weighted by atomic mass is 16.5. The number of methoxy groups -OCH3 is 2. The highest BCUT2D eigenvalue weighted by Crippen LogP contribution is 2.41. The van der Waals surface area contributed by atoms with Crippen molar-refractivity contribution in [1.29, 1.82) is 0 Å². The number of hydrogen-bond donors (Lipinski definition) is 1. The van der Waals surface area contributed by atoms with E-state index < -0.39 is 0 Å². The van der Waals surface area contributed by atoms with Gasteiger partial charge < -0.3 is 14.8 Å². The summed E-state index contributed by atoms with van der Waals surface area (Å²) in [6.07, 6.45) is 4.36. The van der Waals surface area contributed by atoms with E-state index in [-0.39, 0.29) is 18.0 Å². The van der Waals surface area contributed by atoms with Crippen LogP contribution in [-0.4, -0.2) is 46.2 Å². The van der Waals surface area contributed by atoms with E-state index in [0.29, 0.717) is 35.9 Å². The molecule has 0 bridgehead atoms. The fourth-order valence-electron chi connectivity index (χ4n) is 4.20. The van der Waals surface area contributed by atoms with Crippen molar-refractivity contribution in [3.05, 3.63) is 76.3 Å². The van der Waals surface area contributed by atoms with Gasteiger partial charge in [-0.2, -0.15) is 10.2 Å². The zero-order chi connectivity index (χ0) is 24.4. The second-order valence-corrected chi connectivity index (χ2v) is 8.57. The molecule has 1 aliphatic carbocycles. The summed E-state index contributed by atoms with van der Waals surface area (Å²) in [6, 6.07) is 15.2. The minimum absolute atomic E-state index is 0.152. The van der Waals surface area contributed by atoms with E-state index >= 15 is 0 Å². The van der Waals surface area contributed by atoms with Crippen LogP contribution in [-0.2, 0) is 17.8 Å². The van der Waals surface area contributed by atoms with Crippen LogP contribution >= 0.6 is 0 Å². The van der Waals surface area contributed by atoms with Crippen molar-refractivity contribution in [2.45, 2.75) is 31.7 Å². The van der Waals surface area contributed by atoms with E-state index in [4.69, 9.17) is 9.47 Å². The number of benzene rings is 2. The van der Waals surface area contributed by atoms with E-state index in [1.165, 1.54) is 4.68 Å². The molecule has 0 unspecified atom stereocenters. The molecule has 35 heavy (non-hydrogen) atoms. The third-order valence-corrected chi connectivity index (χ3v) is 6.15. The van der Waals surface area contributed by atoms with Crippen LogP contribution in [0.15, 0.2) is 59.5 Å². The molecule has 5 rings (SSSR count). The molecule has 2 aromatic carbocycles. The van der Waals surface area contributed by atoms with Gasteiger partial charge in [0.15, 0.2) is 11.5 Å². The Labute approximate surface area is 202 Å². The summed E-state index contributed by atoms with van der Waals surface area (Å²) in [7, 11) is 3.18. The van der Waals surface area contributed by atoms with Gasteiger partial charge in [0.25, 0.3) is 5.56 Å². The Morgan fingerprint density at radius 2 is 1.86 bits per heavy atom. The monoisotopic (exact) mass is 473 g/mol. The number of carbonyl (C=O) groups is 1. The minimum atomic E-state index is -0.333. The second kappa shape index (κ2) is 9.61. The molecule has 9 nitrogen and oxygen atoms in total. The van der Waals surface area contributed by atoms with Crippen LogP contribution < -0.4 is 20.3 Å². The first-order valence-corrected chi connectivity index (χ1v) is 11.6. The molecule has 0 radical (unpaired) electrons. The molecule has 2 heterocycles. The number of nitrogens with zero attached hydrogens (tertiary/aromatic N) is 4. The standard InChI is InChI=1S/C26H27N5O4/c1-34-21-11-8-17(14-22(21)35-2)12-13-27-23(32)16-30-26(33)25-20(24(29-30)18-9-10-18)15-28-31(25)19-6-4-3-5-7-19/h3-8,11,14-15,18H,9-10,12-13,16H2,1-2H3,(H,27,32). The molecule has 1 N–H and O–H groups in total. The van der Waals surface area contributed by atoms with Gasteiger partial charge >= 0.3 is 0 Å². The maximum absolute atomic E-state index is 13.4. The van der Waals surface area contributed by atoms with E-state index in [0.717, 1.165) is 35.2 Å². The number of para-hydroxylation sites is 1. The lowest BCUT2D eigenvalue weighted by Gasteiger charge is -2.11. The molecule has 4 aromatic rings. The smallest absolute Gasteiger partial charge is 0.293 e. The van der Waals surface area contributed by atoms with Gasteiger partial charge in [0.05, 0.1) is 31.8 Å². The Balaban J connectivity index is 1.35. The van der Waals surface area contributed by atoms with Crippen LogP contribution in [0.4, 0.5) is 0 Å². The minimum Gasteiger partial charge on any atom is -0.493 e. The van der Waals surface area contributed by atoms with Gasteiger partial charge in [-0.05, 0) is 49.1 Å². The molecule has 1 fully saturated rings. The predicted octanol–water partition coefficient (Wildman–Crippen LogP) is 2.84. The fraction of sp³-hybridized carbons (Fsp3) is 0.308. The van der Waals surface area contributed by atoms with Crippen molar-refractivity contribution in [2.24, 2.45) is 0 Å². The summed E-state index contributed by atoms with van der Waals surface area (Å²) in [5.41, 5.74) is 2.74. The Morgan fingerprint density at radius 3 is 2.57 bits per heavy atom. The first-order valence-electron chi connectivity index (χ1n) is 11.6. The summed E-state index contributed by atoms with van der Waals surface area (Å²) in [4.78, 5) is 26.1. The van der Waals surface area contributed by atoms with Crippen LogP contribution in [0.5, 0.6) is 11.5 Å². The second-order valence-electron chi connectivity index (χ2n) is 8.57. The third-order valence-electron chi connectivity index (χ3n) is 6.15. The summed E-state index contributed by atoms with van der Waals surface area (Å²) in [5.74, 6) is 1.32. The topological polar surface area (TPSA) is 100 Å². The Bertz CT molecular complexity index is 1420. The van der Waals surface area contributed by atoms with Gasteiger partial charge in [-0.1, -0.05) is 24.3 Å². The van der Waals surface area contributed by atoms with Crippen molar-refractivity contribution < 1.29 is 14.3 Å². The van der Waals surface area contributed by atoms with Crippen LogP contribution in [0.3, 0.4) is 0 Å². The van der Waals surface area contributed by atoms with Gasteiger partial charge in [-0.3, -0.25) is 9.59 Å². The Hall–Kier alpha value is -4.14. The van der Waals surface area contributed by atoms with Crippen molar-refractivity contribution in [1.82, 2.24) is 24.9 Å².